The van der Waals surface area contributed by atoms with Crippen LogP contribution in [0.4, 0.5) is 4.79 Å². The zero-order valence-corrected chi connectivity index (χ0v) is 19.6. The molecular formula is C24H25N5O4S. The van der Waals surface area contributed by atoms with Gasteiger partial charge in [0.05, 0.1) is 11.4 Å². The molecule has 0 radical (unpaired) electrons. The van der Waals surface area contributed by atoms with Crippen LogP contribution in [0.1, 0.15) is 36.8 Å². The lowest BCUT2D eigenvalue weighted by molar-refractivity contribution is -0.139. The Morgan fingerprint density at radius 1 is 1.21 bits per heavy atom. The van der Waals surface area contributed by atoms with E-state index in [2.05, 4.69) is 21.6 Å². The molecule has 1 N–H and O–H groups in total. The minimum Gasteiger partial charge on any atom is -0.418 e. The summed E-state index contributed by atoms with van der Waals surface area (Å²) in [7, 11) is 0. The summed E-state index contributed by atoms with van der Waals surface area (Å²) in [4.78, 5) is 42.7. The normalized spacial score (nSPS) is 19.4. The number of nitrogens with zero attached hydrogens (tertiary/aromatic N) is 4. The fourth-order valence-corrected chi connectivity index (χ4v) is 5.27. The van der Waals surface area contributed by atoms with Crippen molar-refractivity contribution in [1.82, 2.24) is 25.3 Å². The van der Waals surface area contributed by atoms with Crippen LogP contribution in [-0.2, 0) is 29.0 Å². The molecule has 1 saturated heterocycles. The summed E-state index contributed by atoms with van der Waals surface area (Å²) in [6.45, 7) is 2.19. The Hall–Kier alpha value is -3.53. The Labute approximate surface area is 200 Å². The average Bonchev–Trinajstić information content (AvgIpc) is 3.57. The summed E-state index contributed by atoms with van der Waals surface area (Å²) in [6.07, 6.45) is 2.37. The van der Waals surface area contributed by atoms with Crippen molar-refractivity contribution >= 4 is 29.2 Å². The predicted molar refractivity (Wildman–Crippen MR) is 125 cm³/mol. The van der Waals surface area contributed by atoms with Gasteiger partial charge in [0.25, 0.3) is 11.8 Å². The monoisotopic (exact) mass is 479 g/mol. The van der Waals surface area contributed by atoms with E-state index in [9.17, 15) is 14.4 Å². The summed E-state index contributed by atoms with van der Waals surface area (Å²) in [5.74, 6) is 0.0364. The Kier molecular flexibility index (Phi) is 5.91. The lowest BCUT2D eigenvalue weighted by Crippen LogP contribution is -2.51. The molecule has 1 aromatic carbocycles. The van der Waals surface area contributed by atoms with Crippen LogP contribution in [0.15, 0.2) is 46.2 Å². The van der Waals surface area contributed by atoms with E-state index in [1.807, 2.05) is 42.6 Å². The molecule has 0 saturated carbocycles. The Balaban J connectivity index is 1.28. The van der Waals surface area contributed by atoms with Crippen LogP contribution in [0.5, 0.6) is 0 Å². The quantitative estimate of drug-likeness (QED) is 0.522. The third-order valence-electron chi connectivity index (χ3n) is 6.34. The molecule has 2 aromatic heterocycles. The van der Waals surface area contributed by atoms with Crippen LogP contribution < -0.4 is 5.32 Å². The first kappa shape index (κ1) is 22.3. The summed E-state index contributed by atoms with van der Waals surface area (Å²) in [6, 6.07) is 11.2. The molecule has 5 rings (SSSR count). The summed E-state index contributed by atoms with van der Waals surface area (Å²) < 4.78 is 5.73. The molecule has 10 heteroatoms. The zero-order valence-electron chi connectivity index (χ0n) is 18.8. The van der Waals surface area contributed by atoms with Gasteiger partial charge in [-0.2, -0.15) is 0 Å². The van der Waals surface area contributed by atoms with Gasteiger partial charge in [-0.3, -0.25) is 14.5 Å². The number of amides is 4. The summed E-state index contributed by atoms with van der Waals surface area (Å²) in [5.41, 5.74) is 1.27. The first-order chi connectivity index (χ1) is 16.5. The van der Waals surface area contributed by atoms with E-state index >= 15 is 0 Å². The topological polar surface area (TPSA) is 109 Å². The molecule has 34 heavy (non-hydrogen) atoms. The van der Waals surface area contributed by atoms with E-state index < -0.39 is 11.6 Å². The SMILES string of the molecule is CCCN(Cc1nnc(-c2cccs2)o1)C(=O)CN1C(=O)NC2(CCc3ccccc3C2)C1=O. The number of aromatic nitrogens is 2. The van der Waals surface area contributed by atoms with Crippen LogP contribution in [0.2, 0.25) is 0 Å². The number of rotatable bonds is 7. The molecule has 9 nitrogen and oxygen atoms in total. The number of carbonyl (C=O) groups is 3. The van der Waals surface area contributed by atoms with E-state index in [0.717, 1.165) is 15.3 Å². The van der Waals surface area contributed by atoms with Crippen LogP contribution in [-0.4, -0.2) is 56.5 Å². The molecule has 4 amide bonds. The maximum Gasteiger partial charge on any atom is 0.325 e. The lowest BCUT2D eigenvalue weighted by Gasteiger charge is -2.32. The fraction of sp³-hybridized carbons (Fsp3) is 0.375. The van der Waals surface area contributed by atoms with E-state index in [1.54, 1.807) is 4.90 Å². The Morgan fingerprint density at radius 2 is 2.03 bits per heavy atom. The molecule has 1 fully saturated rings. The first-order valence-electron chi connectivity index (χ1n) is 11.3. The summed E-state index contributed by atoms with van der Waals surface area (Å²) in [5, 5.41) is 12.9. The van der Waals surface area contributed by atoms with Gasteiger partial charge in [-0.05, 0) is 41.8 Å². The van der Waals surface area contributed by atoms with Crippen molar-refractivity contribution in [3.05, 3.63) is 58.8 Å². The lowest BCUT2D eigenvalue weighted by atomic mass is 9.78. The van der Waals surface area contributed by atoms with Crippen molar-refractivity contribution in [3.63, 3.8) is 0 Å². The van der Waals surface area contributed by atoms with Gasteiger partial charge in [-0.15, -0.1) is 21.5 Å². The Morgan fingerprint density at radius 3 is 2.79 bits per heavy atom. The molecule has 0 bridgehead atoms. The molecule has 1 spiro atoms. The Bertz CT molecular complexity index is 1220. The highest BCUT2D eigenvalue weighted by atomic mass is 32.1. The first-order valence-corrected chi connectivity index (χ1v) is 12.2. The minimum absolute atomic E-state index is 0.118. The number of hydrogen-bond acceptors (Lipinski definition) is 7. The number of fused-ring (bicyclic) bond motifs is 1. The molecule has 1 unspecified atom stereocenters. The van der Waals surface area contributed by atoms with Gasteiger partial charge in [0.2, 0.25) is 11.8 Å². The number of carbonyl (C=O) groups excluding carboxylic acids is 3. The maximum absolute atomic E-state index is 13.3. The molecule has 1 aliphatic heterocycles. The second kappa shape index (κ2) is 9.02. The number of urea groups is 1. The van der Waals surface area contributed by atoms with Crippen LogP contribution >= 0.6 is 11.3 Å². The number of hydrogen-bond donors (Lipinski definition) is 1. The van der Waals surface area contributed by atoms with Crippen molar-refractivity contribution in [2.45, 2.75) is 44.7 Å². The van der Waals surface area contributed by atoms with Crippen molar-refractivity contribution in [2.75, 3.05) is 13.1 Å². The van der Waals surface area contributed by atoms with Crippen LogP contribution in [0, 0.1) is 0 Å². The van der Waals surface area contributed by atoms with Gasteiger partial charge in [0.1, 0.15) is 12.1 Å². The number of benzene rings is 1. The molecule has 1 atom stereocenters. The third kappa shape index (κ3) is 4.09. The van der Waals surface area contributed by atoms with Gasteiger partial charge in [-0.1, -0.05) is 37.3 Å². The largest absolute Gasteiger partial charge is 0.418 e. The molecule has 1 aliphatic carbocycles. The van der Waals surface area contributed by atoms with Crippen molar-refractivity contribution in [3.8, 4) is 10.8 Å². The van der Waals surface area contributed by atoms with Gasteiger partial charge in [-0.25, -0.2) is 4.79 Å². The van der Waals surface area contributed by atoms with Gasteiger partial charge in [0, 0.05) is 13.0 Å². The highest BCUT2D eigenvalue weighted by Gasteiger charge is 2.52. The fourth-order valence-electron chi connectivity index (χ4n) is 4.62. The number of aryl methyl sites for hydroxylation is 1. The maximum atomic E-state index is 13.3. The minimum atomic E-state index is -0.983. The van der Waals surface area contributed by atoms with Crippen molar-refractivity contribution in [1.29, 1.82) is 0 Å². The highest BCUT2D eigenvalue weighted by molar-refractivity contribution is 7.13. The number of thiophene rings is 1. The van der Waals surface area contributed by atoms with Crippen molar-refractivity contribution < 1.29 is 18.8 Å². The number of nitrogens with one attached hydrogen (secondary N) is 1. The van der Waals surface area contributed by atoms with Crippen molar-refractivity contribution in [2.24, 2.45) is 0 Å². The molecule has 176 valence electrons. The van der Waals surface area contributed by atoms with Gasteiger partial charge < -0.3 is 14.6 Å². The zero-order chi connectivity index (χ0) is 23.7. The van der Waals surface area contributed by atoms with Gasteiger partial charge >= 0.3 is 6.03 Å². The highest BCUT2D eigenvalue weighted by Crippen LogP contribution is 2.33. The van der Waals surface area contributed by atoms with E-state index in [0.29, 0.717) is 44.0 Å². The predicted octanol–water partition coefficient (Wildman–Crippen LogP) is 3.02. The standard InChI is InChI=1S/C24H25N5O4S/c1-2-11-28(14-19-26-27-21(33-19)18-8-5-12-34-18)20(30)15-29-22(31)24(25-23(29)32)10-9-16-6-3-4-7-17(16)13-24/h3-8,12H,2,9-11,13-15H2,1H3,(H,25,32). The molecule has 2 aliphatic rings. The van der Waals surface area contributed by atoms with Crippen LogP contribution in [0.3, 0.4) is 0 Å². The second-order valence-electron chi connectivity index (χ2n) is 8.64. The second-order valence-corrected chi connectivity index (χ2v) is 9.59. The van der Waals surface area contributed by atoms with Gasteiger partial charge in [0.15, 0.2) is 0 Å². The van der Waals surface area contributed by atoms with E-state index in [1.165, 1.54) is 16.9 Å². The van der Waals surface area contributed by atoms with Crippen LogP contribution in [0.25, 0.3) is 10.8 Å². The molecule has 3 aromatic rings. The summed E-state index contributed by atoms with van der Waals surface area (Å²) >= 11 is 1.49. The molecular weight excluding hydrogens is 454 g/mol. The van der Waals surface area contributed by atoms with E-state index in [4.69, 9.17) is 4.42 Å². The molecule has 3 heterocycles. The van der Waals surface area contributed by atoms with E-state index in [-0.39, 0.29) is 24.9 Å². The third-order valence-corrected chi connectivity index (χ3v) is 7.20. The average molecular weight is 480 g/mol. The smallest absolute Gasteiger partial charge is 0.325 e. The number of imide groups is 1.